The molecule has 0 saturated heterocycles. The van der Waals surface area contributed by atoms with Crippen molar-refractivity contribution < 1.29 is 4.79 Å². The second-order valence-corrected chi connectivity index (χ2v) is 3.47. The summed E-state index contributed by atoms with van der Waals surface area (Å²) >= 11 is 5.79. The Hall–Kier alpha value is -1.53. The van der Waals surface area contributed by atoms with Crippen LogP contribution in [0.1, 0.15) is 24.9 Å². The molecule has 3 nitrogen and oxygen atoms in total. The Morgan fingerprint density at radius 1 is 1.67 bits per heavy atom. The molecule has 1 atom stereocenters. The average Bonchev–Trinajstić information content (AvgIpc) is 2.25. The number of benzene rings is 1. The highest BCUT2D eigenvalue weighted by Crippen LogP contribution is 2.17. The summed E-state index contributed by atoms with van der Waals surface area (Å²) in [5, 5.41) is 12.1. The molecular formula is C11H11ClN2O. The third-order valence-electron chi connectivity index (χ3n) is 1.94. The summed E-state index contributed by atoms with van der Waals surface area (Å²) in [5.74, 6) is -0.151. The largest absolute Gasteiger partial charge is 0.337 e. The molecule has 1 amide bonds. The summed E-state index contributed by atoms with van der Waals surface area (Å²) in [4.78, 5) is 11.1. The van der Waals surface area contributed by atoms with Gasteiger partial charge >= 0.3 is 0 Å². The van der Waals surface area contributed by atoms with Gasteiger partial charge in [0, 0.05) is 11.4 Å². The Balaban J connectivity index is 2.84. The van der Waals surface area contributed by atoms with Gasteiger partial charge in [-0.25, -0.2) is 0 Å². The summed E-state index contributed by atoms with van der Waals surface area (Å²) in [6, 6.07) is 8.30. The van der Waals surface area contributed by atoms with Gasteiger partial charge in [0.25, 0.3) is 0 Å². The number of hydrogen-bond acceptors (Lipinski definition) is 2. The summed E-state index contributed by atoms with van der Waals surface area (Å²) < 4.78 is 0. The molecule has 0 aliphatic rings. The quantitative estimate of drug-likeness (QED) is 0.854. The molecule has 0 radical (unpaired) electrons. The third-order valence-corrected chi connectivity index (χ3v) is 2.17. The molecule has 1 aromatic rings. The van der Waals surface area contributed by atoms with Crippen molar-refractivity contribution in [3.05, 3.63) is 34.9 Å². The predicted octanol–water partition coefficient (Wildman–Crippen LogP) is 2.43. The molecule has 1 N–H and O–H groups in total. The van der Waals surface area contributed by atoms with E-state index >= 15 is 0 Å². The Bertz CT molecular complexity index is 398. The number of halogens is 1. The number of nitrogens with zero attached hydrogens (tertiary/aromatic N) is 1. The number of carbonyl (C=O) groups is 1. The van der Waals surface area contributed by atoms with E-state index in [1.165, 1.54) is 0 Å². The normalized spacial score (nSPS) is 11.5. The van der Waals surface area contributed by atoms with Crippen molar-refractivity contribution in [2.45, 2.75) is 19.4 Å². The van der Waals surface area contributed by atoms with Crippen LogP contribution >= 0.6 is 11.6 Å². The molecule has 1 unspecified atom stereocenters. The minimum atomic E-state index is -0.629. The van der Waals surface area contributed by atoms with Crippen molar-refractivity contribution in [3.8, 4) is 6.07 Å². The summed E-state index contributed by atoms with van der Waals surface area (Å²) in [6.07, 6.45) is 0.360. The van der Waals surface area contributed by atoms with Crippen molar-refractivity contribution in [2.75, 3.05) is 0 Å². The first-order valence-corrected chi connectivity index (χ1v) is 4.99. The van der Waals surface area contributed by atoms with E-state index in [0.29, 0.717) is 17.0 Å². The zero-order valence-electron chi connectivity index (χ0n) is 8.33. The molecular weight excluding hydrogens is 212 g/mol. The van der Waals surface area contributed by atoms with Gasteiger partial charge in [-0.2, -0.15) is 5.26 Å². The van der Waals surface area contributed by atoms with Gasteiger partial charge < -0.3 is 5.32 Å². The van der Waals surface area contributed by atoms with Crippen LogP contribution in [0.15, 0.2) is 24.3 Å². The molecule has 0 heterocycles. The standard InChI is InChI=1S/C11H11ClN2O/c1-2-11(15)14-10(7-13)8-4-3-5-9(12)6-8/h3-6,10H,2H2,1H3,(H,14,15). The van der Waals surface area contributed by atoms with Gasteiger partial charge in [0.1, 0.15) is 6.04 Å². The zero-order chi connectivity index (χ0) is 11.3. The van der Waals surface area contributed by atoms with Crippen molar-refractivity contribution in [1.82, 2.24) is 5.32 Å². The van der Waals surface area contributed by atoms with Crippen LogP contribution in [0.25, 0.3) is 0 Å². The third kappa shape index (κ3) is 3.26. The van der Waals surface area contributed by atoms with E-state index in [9.17, 15) is 4.79 Å². The average molecular weight is 223 g/mol. The lowest BCUT2D eigenvalue weighted by atomic mass is 10.1. The van der Waals surface area contributed by atoms with E-state index in [1.54, 1.807) is 31.2 Å². The van der Waals surface area contributed by atoms with Gasteiger partial charge in [-0.15, -0.1) is 0 Å². The molecule has 0 aromatic heterocycles. The summed E-state index contributed by atoms with van der Waals surface area (Å²) in [7, 11) is 0. The Morgan fingerprint density at radius 2 is 2.40 bits per heavy atom. The molecule has 0 fully saturated rings. The number of carbonyl (C=O) groups excluding carboxylic acids is 1. The Labute approximate surface area is 93.7 Å². The highest BCUT2D eigenvalue weighted by atomic mass is 35.5. The van der Waals surface area contributed by atoms with Crippen molar-refractivity contribution in [2.24, 2.45) is 0 Å². The molecule has 0 saturated carbocycles. The van der Waals surface area contributed by atoms with E-state index in [1.807, 2.05) is 6.07 Å². The summed E-state index contributed by atoms with van der Waals surface area (Å²) in [6.45, 7) is 1.74. The minimum absolute atomic E-state index is 0.151. The van der Waals surface area contributed by atoms with Gasteiger partial charge in [0.15, 0.2) is 0 Å². The molecule has 1 rings (SSSR count). The van der Waals surface area contributed by atoms with Gasteiger partial charge in [-0.05, 0) is 17.7 Å². The Morgan fingerprint density at radius 3 is 2.93 bits per heavy atom. The fourth-order valence-corrected chi connectivity index (χ4v) is 1.34. The fraction of sp³-hybridized carbons (Fsp3) is 0.273. The molecule has 0 bridgehead atoms. The molecule has 0 aliphatic carbocycles. The fourth-order valence-electron chi connectivity index (χ4n) is 1.14. The highest BCUT2D eigenvalue weighted by molar-refractivity contribution is 6.30. The second kappa shape index (κ2) is 5.38. The van der Waals surface area contributed by atoms with Gasteiger partial charge in [0.2, 0.25) is 5.91 Å². The van der Waals surface area contributed by atoms with Crippen LogP contribution in [-0.4, -0.2) is 5.91 Å². The first-order chi connectivity index (χ1) is 7.17. The van der Waals surface area contributed by atoms with Gasteiger partial charge in [-0.1, -0.05) is 30.7 Å². The van der Waals surface area contributed by atoms with E-state index in [0.717, 1.165) is 0 Å². The molecule has 78 valence electrons. The van der Waals surface area contributed by atoms with Crippen LogP contribution in [0.3, 0.4) is 0 Å². The molecule has 0 aliphatic heterocycles. The van der Waals surface area contributed by atoms with Crippen LogP contribution in [0, 0.1) is 11.3 Å². The SMILES string of the molecule is CCC(=O)NC(C#N)c1cccc(Cl)c1. The molecule has 4 heteroatoms. The van der Waals surface area contributed by atoms with Crippen molar-refractivity contribution >= 4 is 17.5 Å². The zero-order valence-corrected chi connectivity index (χ0v) is 9.08. The van der Waals surface area contributed by atoms with Crippen LogP contribution in [-0.2, 0) is 4.79 Å². The maximum atomic E-state index is 11.1. The Kier molecular flexibility index (Phi) is 4.14. The second-order valence-electron chi connectivity index (χ2n) is 3.04. The minimum Gasteiger partial charge on any atom is -0.337 e. The lowest BCUT2D eigenvalue weighted by Crippen LogP contribution is -2.26. The number of nitrogens with one attached hydrogen (secondary N) is 1. The van der Waals surface area contributed by atoms with E-state index in [-0.39, 0.29) is 5.91 Å². The molecule has 15 heavy (non-hydrogen) atoms. The topological polar surface area (TPSA) is 52.9 Å². The van der Waals surface area contributed by atoms with E-state index in [4.69, 9.17) is 16.9 Å². The summed E-state index contributed by atoms with van der Waals surface area (Å²) in [5.41, 5.74) is 0.701. The maximum absolute atomic E-state index is 11.1. The number of nitriles is 1. The number of hydrogen-bond donors (Lipinski definition) is 1. The first-order valence-electron chi connectivity index (χ1n) is 4.61. The highest BCUT2D eigenvalue weighted by Gasteiger charge is 2.12. The van der Waals surface area contributed by atoms with Crippen molar-refractivity contribution in [1.29, 1.82) is 5.26 Å². The predicted molar refractivity (Wildman–Crippen MR) is 58.2 cm³/mol. The first kappa shape index (κ1) is 11.5. The smallest absolute Gasteiger partial charge is 0.221 e. The van der Waals surface area contributed by atoms with Gasteiger partial charge in [-0.3, -0.25) is 4.79 Å². The monoisotopic (exact) mass is 222 g/mol. The molecule has 0 spiro atoms. The van der Waals surface area contributed by atoms with E-state index < -0.39 is 6.04 Å². The van der Waals surface area contributed by atoms with Gasteiger partial charge in [0.05, 0.1) is 6.07 Å². The van der Waals surface area contributed by atoms with Crippen LogP contribution in [0.4, 0.5) is 0 Å². The number of amides is 1. The maximum Gasteiger partial charge on any atom is 0.221 e. The van der Waals surface area contributed by atoms with Crippen LogP contribution < -0.4 is 5.32 Å². The van der Waals surface area contributed by atoms with E-state index in [2.05, 4.69) is 5.32 Å². The lowest BCUT2D eigenvalue weighted by molar-refractivity contribution is -0.121. The van der Waals surface area contributed by atoms with Crippen LogP contribution in [0.5, 0.6) is 0 Å². The van der Waals surface area contributed by atoms with Crippen LogP contribution in [0.2, 0.25) is 5.02 Å². The van der Waals surface area contributed by atoms with Crippen molar-refractivity contribution in [3.63, 3.8) is 0 Å². The number of rotatable bonds is 3. The lowest BCUT2D eigenvalue weighted by Gasteiger charge is -2.11. The molecule has 1 aromatic carbocycles.